The third kappa shape index (κ3) is 5.06. The summed E-state index contributed by atoms with van der Waals surface area (Å²) < 4.78 is 36.7. The number of para-hydroxylation sites is 2. The van der Waals surface area contributed by atoms with E-state index in [9.17, 15) is 28.1 Å². The molecule has 0 radical (unpaired) electrons. The number of nitrogens with zero attached hydrogens (tertiary/aromatic N) is 2. The van der Waals surface area contributed by atoms with Gasteiger partial charge in [0.15, 0.2) is 0 Å². The number of benzene rings is 1. The number of sulfonamides is 1. The minimum atomic E-state index is -3.97. The summed E-state index contributed by atoms with van der Waals surface area (Å²) in [6.45, 7) is 1.89. The number of carbonyl (C=O) groups excluding carboxylic acids is 2. The molecule has 0 saturated carbocycles. The van der Waals surface area contributed by atoms with Crippen LogP contribution in [0.5, 0.6) is 0 Å². The van der Waals surface area contributed by atoms with Crippen molar-refractivity contribution in [1.29, 1.82) is 0 Å². The van der Waals surface area contributed by atoms with Gasteiger partial charge in [0.1, 0.15) is 5.69 Å². The Kier molecular flexibility index (Phi) is 7.10. The third-order valence-corrected chi connectivity index (χ3v) is 6.67. The van der Waals surface area contributed by atoms with Crippen molar-refractivity contribution in [3.8, 4) is 0 Å². The number of furan rings is 1. The van der Waals surface area contributed by atoms with Crippen LogP contribution in [-0.2, 0) is 19.6 Å². The van der Waals surface area contributed by atoms with Crippen LogP contribution >= 0.6 is 0 Å². The maximum Gasteiger partial charge on any atom is 0.374 e. The second kappa shape index (κ2) is 9.78. The maximum absolute atomic E-state index is 12.8. The van der Waals surface area contributed by atoms with E-state index < -0.39 is 32.7 Å². The van der Waals surface area contributed by atoms with Crippen LogP contribution in [0.2, 0.25) is 0 Å². The van der Waals surface area contributed by atoms with Crippen LogP contribution in [0.25, 0.3) is 0 Å². The summed E-state index contributed by atoms with van der Waals surface area (Å²) in [5.41, 5.74) is 4.95. The largest absolute Gasteiger partial charge is 0.460 e. The summed E-state index contributed by atoms with van der Waals surface area (Å²) in [7, 11) is -3.97. The third-order valence-electron chi connectivity index (χ3n) is 4.90. The van der Waals surface area contributed by atoms with Crippen LogP contribution in [0.3, 0.4) is 0 Å². The first-order valence-corrected chi connectivity index (χ1v) is 11.2. The number of nitrogens with one attached hydrogen (secondary N) is 2. The van der Waals surface area contributed by atoms with Gasteiger partial charge in [-0.1, -0.05) is 12.1 Å². The molecule has 1 aromatic heterocycles. The summed E-state index contributed by atoms with van der Waals surface area (Å²) >= 11 is 0. The first kappa shape index (κ1) is 23.2. The summed E-state index contributed by atoms with van der Waals surface area (Å²) in [5, 5.41) is 10.7. The summed E-state index contributed by atoms with van der Waals surface area (Å²) in [6.07, 6.45) is 0.490. The van der Waals surface area contributed by atoms with Gasteiger partial charge >= 0.3 is 5.97 Å². The summed E-state index contributed by atoms with van der Waals surface area (Å²) in [6, 6.07) is 8.29. The fourth-order valence-electron chi connectivity index (χ4n) is 3.23. The van der Waals surface area contributed by atoms with E-state index in [0.717, 1.165) is 0 Å². The Labute approximate surface area is 183 Å². The Balaban J connectivity index is 1.57. The van der Waals surface area contributed by atoms with Crippen LogP contribution in [0, 0.1) is 16.0 Å². The molecule has 1 saturated heterocycles. The minimum Gasteiger partial charge on any atom is -0.460 e. The maximum atomic E-state index is 12.8. The number of anilines is 1. The van der Waals surface area contributed by atoms with Crippen LogP contribution < -0.4 is 10.9 Å². The van der Waals surface area contributed by atoms with Crippen molar-refractivity contribution in [2.24, 2.45) is 5.92 Å². The number of amides is 1. The van der Waals surface area contributed by atoms with Gasteiger partial charge in [-0.2, -0.15) is 4.31 Å². The molecule has 2 N–H and O–H groups in total. The van der Waals surface area contributed by atoms with Gasteiger partial charge in [-0.15, -0.1) is 0 Å². The first-order chi connectivity index (χ1) is 15.2. The monoisotopic (exact) mass is 466 g/mol. The van der Waals surface area contributed by atoms with Gasteiger partial charge in [0.05, 0.1) is 11.5 Å². The summed E-state index contributed by atoms with van der Waals surface area (Å²) in [5.74, 6) is -1.84. The molecular formula is C19H22N4O8S. The van der Waals surface area contributed by atoms with E-state index in [1.807, 2.05) is 0 Å². The molecule has 0 spiro atoms. The van der Waals surface area contributed by atoms with Gasteiger partial charge in [0, 0.05) is 25.1 Å². The lowest BCUT2D eigenvalue weighted by molar-refractivity contribution is -0.384. The molecule has 172 valence electrons. The fraction of sp³-hybridized carbons (Fsp3) is 0.368. The molecule has 0 atom stereocenters. The van der Waals surface area contributed by atoms with Crippen molar-refractivity contribution in [1.82, 2.24) is 9.73 Å². The molecule has 0 unspecified atom stereocenters. The number of carbonyl (C=O) groups is 2. The zero-order valence-electron chi connectivity index (χ0n) is 17.1. The average molecular weight is 466 g/mol. The van der Waals surface area contributed by atoms with Crippen LogP contribution in [0.1, 0.15) is 30.3 Å². The number of piperidine rings is 1. The summed E-state index contributed by atoms with van der Waals surface area (Å²) in [4.78, 5) is 34.6. The molecule has 1 aliphatic heterocycles. The van der Waals surface area contributed by atoms with Gasteiger partial charge in [0.2, 0.25) is 16.8 Å². The van der Waals surface area contributed by atoms with E-state index in [2.05, 4.69) is 10.9 Å². The Bertz CT molecular complexity index is 1110. The Morgan fingerprint density at radius 2 is 1.91 bits per heavy atom. The van der Waals surface area contributed by atoms with Gasteiger partial charge in [-0.3, -0.25) is 25.8 Å². The molecular weight excluding hydrogens is 444 g/mol. The highest BCUT2D eigenvalue weighted by Gasteiger charge is 2.34. The predicted molar refractivity (Wildman–Crippen MR) is 111 cm³/mol. The minimum absolute atomic E-state index is 0.0708. The molecule has 0 aliphatic carbocycles. The average Bonchev–Trinajstić information content (AvgIpc) is 3.29. The van der Waals surface area contributed by atoms with Crippen LogP contribution in [-0.4, -0.2) is 49.2 Å². The topological polar surface area (TPSA) is 161 Å². The molecule has 1 fully saturated rings. The molecule has 1 aliphatic rings. The van der Waals surface area contributed by atoms with Crippen molar-refractivity contribution in [2.75, 3.05) is 25.1 Å². The van der Waals surface area contributed by atoms with Gasteiger partial charge < -0.3 is 9.15 Å². The molecule has 3 rings (SSSR count). The smallest absolute Gasteiger partial charge is 0.374 e. The lowest BCUT2D eigenvalue weighted by atomic mass is 9.98. The highest BCUT2D eigenvalue weighted by Crippen LogP contribution is 2.26. The first-order valence-electron chi connectivity index (χ1n) is 9.80. The number of rotatable bonds is 8. The molecule has 1 amide bonds. The molecule has 1 aromatic carbocycles. The quantitative estimate of drug-likeness (QED) is 0.336. The SMILES string of the molecule is CCOC(=O)c1ccc(S(=O)(=O)N2CCC(C(=O)NNc3ccccc3[N+](=O)[O-])CC2)o1. The molecule has 0 bridgehead atoms. The Hall–Kier alpha value is -3.45. The second-order valence-corrected chi connectivity index (χ2v) is 8.77. The van der Waals surface area contributed by atoms with Gasteiger partial charge in [0.25, 0.3) is 15.7 Å². The van der Waals surface area contributed by atoms with Crippen molar-refractivity contribution >= 4 is 33.3 Å². The van der Waals surface area contributed by atoms with E-state index in [1.54, 1.807) is 13.0 Å². The van der Waals surface area contributed by atoms with Gasteiger partial charge in [-0.05, 0) is 38.0 Å². The van der Waals surface area contributed by atoms with E-state index in [1.165, 1.54) is 34.6 Å². The van der Waals surface area contributed by atoms with E-state index in [4.69, 9.17) is 9.15 Å². The highest BCUT2D eigenvalue weighted by atomic mass is 32.2. The number of nitro groups is 1. The lowest BCUT2D eigenvalue weighted by Gasteiger charge is -2.29. The molecule has 13 heteroatoms. The zero-order valence-corrected chi connectivity index (χ0v) is 18.0. The molecule has 32 heavy (non-hydrogen) atoms. The van der Waals surface area contributed by atoms with E-state index in [-0.39, 0.29) is 54.8 Å². The zero-order chi connectivity index (χ0) is 23.3. The number of hydrogen-bond donors (Lipinski definition) is 2. The van der Waals surface area contributed by atoms with Crippen molar-refractivity contribution < 1.29 is 32.1 Å². The predicted octanol–water partition coefficient (Wildman–Crippen LogP) is 1.91. The lowest BCUT2D eigenvalue weighted by Crippen LogP contribution is -2.44. The van der Waals surface area contributed by atoms with Crippen molar-refractivity contribution in [3.05, 3.63) is 52.3 Å². The number of hydrogen-bond acceptors (Lipinski definition) is 9. The fourth-order valence-corrected chi connectivity index (χ4v) is 4.61. The standard InChI is InChI=1S/C19H22N4O8S/c1-2-30-19(25)16-7-8-17(31-16)32(28,29)22-11-9-13(10-12-22)18(24)21-20-14-5-3-4-6-15(14)23(26)27/h3-8,13,20H,2,9-12H2,1H3,(H,21,24). The molecule has 2 heterocycles. The van der Waals surface area contributed by atoms with Crippen molar-refractivity contribution in [3.63, 3.8) is 0 Å². The number of esters is 1. The van der Waals surface area contributed by atoms with Crippen LogP contribution in [0.4, 0.5) is 11.4 Å². The van der Waals surface area contributed by atoms with Gasteiger partial charge in [-0.25, -0.2) is 13.2 Å². The van der Waals surface area contributed by atoms with Crippen LogP contribution in [0.15, 0.2) is 45.9 Å². The van der Waals surface area contributed by atoms with E-state index in [0.29, 0.717) is 0 Å². The number of ether oxygens (including phenoxy) is 1. The molecule has 12 nitrogen and oxygen atoms in total. The Morgan fingerprint density at radius 3 is 2.56 bits per heavy atom. The highest BCUT2D eigenvalue weighted by molar-refractivity contribution is 7.89. The molecule has 2 aromatic rings. The number of hydrazine groups is 1. The Morgan fingerprint density at radius 1 is 1.22 bits per heavy atom. The van der Waals surface area contributed by atoms with E-state index >= 15 is 0 Å². The normalized spacial score (nSPS) is 15.2. The number of nitro benzene ring substituents is 1. The second-order valence-electron chi connectivity index (χ2n) is 6.91. The van der Waals surface area contributed by atoms with Crippen molar-refractivity contribution in [2.45, 2.75) is 24.9 Å².